The van der Waals surface area contributed by atoms with Crippen LogP contribution in [0.1, 0.15) is 30.6 Å². The second kappa shape index (κ2) is 5.62. The van der Waals surface area contributed by atoms with E-state index in [0.717, 1.165) is 6.42 Å². The summed E-state index contributed by atoms with van der Waals surface area (Å²) in [6, 6.07) is 5.05. The summed E-state index contributed by atoms with van der Waals surface area (Å²) in [5.74, 6) is 0.233. The standard InChI is InChI=1S/C15H17N5O2S/c1-4-8(2)16-12(21)9-5-6-10-11(7-9)20-14(17-18-15(20)23)19(3)13(10)22/h5-8H,4H2,1-3H3,(H,16,21)(H,18,23). The van der Waals surface area contributed by atoms with Gasteiger partial charge in [-0.05, 0) is 43.8 Å². The van der Waals surface area contributed by atoms with Gasteiger partial charge in [0.15, 0.2) is 0 Å². The Morgan fingerprint density at radius 2 is 2.22 bits per heavy atom. The molecule has 0 radical (unpaired) electrons. The number of carbonyl (C=O) groups excluding carboxylic acids is 1. The average Bonchev–Trinajstić information content (AvgIpc) is 2.94. The Morgan fingerprint density at radius 3 is 2.91 bits per heavy atom. The number of nitrogens with one attached hydrogen (secondary N) is 2. The summed E-state index contributed by atoms with van der Waals surface area (Å²) < 4.78 is 3.46. The maximum atomic E-state index is 12.4. The van der Waals surface area contributed by atoms with Gasteiger partial charge in [-0.3, -0.25) is 18.6 Å². The van der Waals surface area contributed by atoms with Gasteiger partial charge < -0.3 is 5.32 Å². The van der Waals surface area contributed by atoms with E-state index in [9.17, 15) is 9.59 Å². The minimum absolute atomic E-state index is 0.0814. The first-order chi connectivity index (χ1) is 10.9. The van der Waals surface area contributed by atoms with Gasteiger partial charge in [0, 0.05) is 18.7 Å². The van der Waals surface area contributed by atoms with Gasteiger partial charge in [0.2, 0.25) is 10.5 Å². The Bertz CT molecular complexity index is 1030. The molecule has 120 valence electrons. The number of rotatable bonds is 3. The van der Waals surface area contributed by atoms with E-state index in [2.05, 4.69) is 15.5 Å². The predicted octanol–water partition coefficient (Wildman–Crippen LogP) is 1.77. The molecule has 2 heterocycles. The number of aromatic amines is 1. The Kier molecular flexibility index (Phi) is 3.77. The Balaban J connectivity index is 2.27. The van der Waals surface area contributed by atoms with Crippen molar-refractivity contribution in [2.75, 3.05) is 0 Å². The molecule has 3 aromatic rings. The van der Waals surface area contributed by atoms with Crippen LogP contribution < -0.4 is 10.9 Å². The van der Waals surface area contributed by atoms with Crippen LogP contribution in [0.2, 0.25) is 0 Å². The molecule has 8 heteroatoms. The fraction of sp³-hybridized carbons (Fsp3) is 0.333. The van der Waals surface area contributed by atoms with Crippen molar-refractivity contribution < 1.29 is 4.79 Å². The lowest BCUT2D eigenvalue weighted by atomic mass is 10.1. The molecule has 1 amide bonds. The highest BCUT2D eigenvalue weighted by Gasteiger charge is 2.14. The van der Waals surface area contributed by atoms with Gasteiger partial charge in [-0.25, -0.2) is 5.10 Å². The van der Waals surface area contributed by atoms with Gasteiger partial charge in [-0.1, -0.05) is 6.92 Å². The van der Waals surface area contributed by atoms with Crippen LogP contribution >= 0.6 is 12.2 Å². The van der Waals surface area contributed by atoms with Crippen LogP contribution in [0.3, 0.4) is 0 Å². The maximum absolute atomic E-state index is 12.4. The van der Waals surface area contributed by atoms with Gasteiger partial charge in [0.1, 0.15) is 0 Å². The molecule has 2 aromatic heterocycles. The second-order valence-electron chi connectivity index (χ2n) is 5.54. The van der Waals surface area contributed by atoms with Gasteiger partial charge in [-0.15, -0.1) is 5.10 Å². The molecule has 1 atom stereocenters. The molecule has 7 nitrogen and oxygen atoms in total. The number of hydrogen-bond donors (Lipinski definition) is 2. The minimum Gasteiger partial charge on any atom is -0.350 e. The number of nitrogens with zero attached hydrogens (tertiary/aromatic N) is 3. The largest absolute Gasteiger partial charge is 0.350 e. The number of aryl methyl sites for hydroxylation is 1. The summed E-state index contributed by atoms with van der Waals surface area (Å²) in [5.41, 5.74) is 0.865. The summed E-state index contributed by atoms with van der Waals surface area (Å²) >= 11 is 5.24. The Morgan fingerprint density at radius 1 is 1.48 bits per heavy atom. The van der Waals surface area contributed by atoms with Gasteiger partial charge in [-0.2, -0.15) is 0 Å². The summed E-state index contributed by atoms with van der Waals surface area (Å²) in [6.45, 7) is 3.95. The molecule has 0 spiro atoms. The molecule has 23 heavy (non-hydrogen) atoms. The molecule has 0 saturated heterocycles. The molecule has 1 aromatic carbocycles. The lowest BCUT2D eigenvalue weighted by Crippen LogP contribution is -2.32. The summed E-state index contributed by atoms with van der Waals surface area (Å²) in [7, 11) is 1.64. The van der Waals surface area contributed by atoms with Crippen molar-refractivity contribution in [3.63, 3.8) is 0 Å². The van der Waals surface area contributed by atoms with E-state index >= 15 is 0 Å². The fourth-order valence-corrected chi connectivity index (χ4v) is 2.68. The van der Waals surface area contributed by atoms with Gasteiger partial charge in [0.25, 0.3) is 11.5 Å². The SMILES string of the molecule is CCC(C)NC(=O)c1ccc2c(=O)n(C)c3n[nH]c(=S)n3c2c1. The molecule has 0 aliphatic rings. The molecule has 0 aliphatic heterocycles. The van der Waals surface area contributed by atoms with Crippen molar-refractivity contribution in [1.82, 2.24) is 24.5 Å². The van der Waals surface area contributed by atoms with Crippen LogP contribution in [0.4, 0.5) is 0 Å². The number of carbonyl (C=O) groups is 1. The van der Waals surface area contributed by atoms with E-state index in [1.165, 1.54) is 4.57 Å². The number of fused-ring (bicyclic) bond motifs is 3. The Hall–Kier alpha value is -2.48. The van der Waals surface area contributed by atoms with Crippen molar-refractivity contribution in [3.8, 4) is 0 Å². The van der Waals surface area contributed by atoms with Crippen LogP contribution in [0.5, 0.6) is 0 Å². The third kappa shape index (κ3) is 2.44. The highest BCUT2D eigenvalue weighted by Crippen LogP contribution is 2.15. The molecular weight excluding hydrogens is 314 g/mol. The first-order valence-electron chi connectivity index (χ1n) is 7.34. The van der Waals surface area contributed by atoms with Gasteiger partial charge >= 0.3 is 0 Å². The van der Waals surface area contributed by atoms with Crippen molar-refractivity contribution in [2.45, 2.75) is 26.3 Å². The zero-order valence-corrected chi connectivity index (χ0v) is 13.9. The van der Waals surface area contributed by atoms with E-state index < -0.39 is 0 Å². The van der Waals surface area contributed by atoms with Crippen molar-refractivity contribution >= 4 is 34.8 Å². The van der Waals surface area contributed by atoms with Crippen LogP contribution in [0.25, 0.3) is 16.7 Å². The highest BCUT2D eigenvalue weighted by atomic mass is 32.1. The number of aromatic nitrogens is 4. The molecule has 0 aliphatic carbocycles. The van der Waals surface area contributed by atoms with Crippen LogP contribution in [-0.4, -0.2) is 31.1 Å². The van der Waals surface area contributed by atoms with E-state index in [0.29, 0.717) is 27.0 Å². The van der Waals surface area contributed by atoms with Crippen LogP contribution in [-0.2, 0) is 7.05 Å². The normalized spacial score (nSPS) is 12.7. The van der Waals surface area contributed by atoms with Gasteiger partial charge in [0.05, 0.1) is 10.9 Å². The van der Waals surface area contributed by atoms with E-state index in [4.69, 9.17) is 12.2 Å². The quantitative estimate of drug-likeness (QED) is 0.717. The molecule has 0 saturated carbocycles. The van der Waals surface area contributed by atoms with Crippen LogP contribution in [0, 0.1) is 4.77 Å². The monoisotopic (exact) mass is 331 g/mol. The number of benzene rings is 1. The number of hydrogen-bond acceptors (Lipinski definition) is 4. The van der Waals surface area contributed by atoms with E-state index in [1.54, 1.807) is 29.6 Å². The topological polar surface area (TPSA) is 84.2 Å². The fourth-order valence-electron chi connectivity index (χ4n) is 2.45. The zero-order valence-electron chi connectivity index (χ0n) is 13.1. The first kappa shape index (κ1) is 15.4. The van der Waals surface area contributed by atoms with Crippen molar-refractivity contribution in [3.05, 3.63) is 38.9 Å². The second-order valence-corrected chi connectivity index (χ2v) is 5.93. The van der Waals surface area contributed by atoms with E-state index in [1.807, 2.05) is 13.8 Å². The molecular formula is C15H17N5O2S. The minimum atomic E-state index is -0.185. The number of H-pyrrole nitrogens is 1. The average molecular weight is 331 g/mol. The summed E-state index contributed by atoms with van der Waals surface area (Å²) in [5, 5.41) is 10.2. The Labute approximate surface area is 136 Å². The molecule has 0 fully saturated rings. The zero-order chi connectivity index (χ0) is 16.7. The molecule has 0 bridgehead atoms. The molecule has 1 unspecified atom stereocenters. The third-order valence-electron chi connectivity index (χ3n) is 3.98. The lowest BCUT2D eigenvalue weighted by molar-refractivity contribution is 0.0939. The smallest absolute Gasteiger partial charge is 0.262 e. The molecule has 3 rings (SSSR count). The molecule has 2 N–H and O–H groups in total. The van der Waals surface area contributed by atoms with Crippen LogP contribution in [0.15, 0.2) is 23.0 Å². The predicted molar refractivity (Wildman–Crippen MR) is 90.3 cm³/mol. The first-order valence-corrected chi connectivity index (χ1v) is 7.75. The third-order valence-corrected chi connectivity index (χ3v) is 4.25. The number of amides is 1. The van der Waals surface area contributed by atoms with Crippen molar-refractivity contribution in [1.29, 1.82) is 0 Å². The van der Waals surface area contributed by atoms with Crippen molar-refractivity contribution in [2.24, 2.45) is 7.05 Å². The summed E-state index contributed by atoms with van der Waals surface area (Å²) in [6.07, 6.45) is 0.844. The maximum Gasteiger partial charge on any atom is 0.262 e. The van der Waals surface area contributed by atoms with E-state index in [-0.39, 0.29) is 17.5 Å². The summed E-state index contributed by atoms with van der Waals surface area (Å²) in [4.78, 5) is 24.7. The highest BCUT2D eigenvalue weighted by molar-refractivity contribution is 7.71. The lowest BCUT2D eigenvalue weighted by Gasteiger charge is -2.12.